The van der Waals surface area contributed by atoms with Crippen LogP contribution in [-0.2, 0) is 56.5 Å². The zero-order valence-electron chi connectivity index (χ0n) is 44.0. The number of unbranched alkanes of at least 4 members (excludes halogenated alkanes) is 2. The van der Waals surface area contributed by atoms with Gasteiger partial charge in [0.1, 0.15) is 12.2 Å². The highest BCUT2D eigenvalue weighted by Gasteiger charge is 2.50. The number of aryl methyl sites for hydroxylation is 1. The Morgan fingerprint density at radius 2 is 1.24 bits per heavy atom. The molecule has 76 heavy (non-hydrogen) atoms. The lowest BCUT2D eigenvalue weighted by Crippen LogP contribution is -2.47. The Morgan fingerprint density at radius 1 is 0.697 bits per heavy atom. The quantitative estimate of drug-likeness (QED) is 0.0178. The van der Waals surface area contributed by atoms with Gasteiger partial charge in [-0.15, -0.1) is 0 Å². The number of rotatable bonds is 28. The first-order valence-electron chi connectivity index (χ1n) is 25.7. The smallest absolute Gasteiger partial charge is 0.407 e. The van der Waals surface area contributed by atoms with Gasteiger partial charge in [-0.05, 0) is 125 Å². The zero-order chi connectivity index (χ0) is 55.8. The van der Waals surface area contributed by atoms with Crippen LogP contribution in [0.1, 0.15) is 137 Å². The highest BCUT2D eigenvalue weighted by Crippen LogP contribution is 2.59. The van der Waals surface area contributed by atoms with Crippen molar-refractivity contribution in [3.05, 3.63) is 130 Å². The number of fused-ring (bicyclic) bond motifs is 3. The van der Waals surface area contributed by atoms with E-state index in [0.29, 0.717) is 31.2 Å². The summed E-state index contributed by atoms with van der Waals surface area (Å²) >= 11 is 0. The van der Waals surface area contributed by atoms with E-state index in [1.165, 1.54) is 26.0 Å². The van der Waals surface area contributed by atoms with Gasteiger partial charge in [0.05, 0.1) is 24.4 Å². The van der Waals surface area contributed by atoms with Gasteiger partial charge in [0.15, 0.2) is 11.6 Å². The van der Waals surface area contributed by atoms with E-state index in [1.807, 2.05) is 67.6 Å². The molecule has 4 amide bonds. The molecule has 4 aromatic rings. The second-order valence-corrected chi connectivity index (χ2v) is 22.0. The molecule has 0 spiro atoms. The van der Waals surface area contributed by atoms with Crippen molar-refractivity contribution in [1.29, 1.82) is 0 Å². The topological polar surface area (TPSA) is 244 Å². The Hall–Kier alpha value is -6.62. The van der Waals surface area contributed by atoms with E-state index in [1.54, 1.807) is 32.9 Å². The number of esters is 1. The molecule has 410 valence electrons. The van der Waals surface area contributed by atoms with Gasteiger partial charge in [-0.2, -0.15) is 8.78 Å². The summed E-state index contributed by atoms with van der Waals surface area (Å²) in [6.07, 6.45) is 1.08. The van der Waals surface area contributed by atoms with E-state index in [4.69, 9.17) is 9.47 Å². The van der Waals surface area contributed by atoms with Crippen molar-refractivity contribution in [3.8, 4) is 11.1 Å². The van der Waals surface area contributed by atoms with E-state index in [0.717, 1.165) is 46.4 Å². The lowest BCUT2D eigenvalue weighted by molar-refractivity contribution is -0.147. The number of amides is 4. The van der Waals surface area contributed by atoms with Crippen LogP contribution < -0.4 is 21.3 Å². The van der Waals surface area contributed by atoms with E-state index in [-0.39, 0.29) is 68.6 Å². The first-order chi connectivity index (χ1) is 35.9. The molecule has 1 aliphatic carbocycles. The Labute approximate surface area is 443 Å². The molecule has 0 aliphatic heterocycles. The second-order valence-electron chi connectivity index (χ2n) is 20.3. The lowest BCUT2D eigenvalue weighted by Gasteiger charge is -2.24. The van der Waals surface area contributed by atoms with Gasteiger partial charge >= 0.3 is 25.3 Å². The number of hydrogen-bond acceptors (Lipinski definition) is 10. The number of carbonyl (C=O) groups is 7. The summed E-state index contributed by atoms with van der Waals surface area (Å²) in [5.74, 6) is -5.79. The molecule has 4 unspecified atom stereocenters. The molecule has 0 radical (unpaired) electrons. The van der Waals surface area contributed by atoms with Crippen LogP contribution in [0, 0.1) is 11.8 Å². The number of Topliss-reactive ketones (excluding diaryl/α,β-unsaturated/α-hetero) is 2. The van der Waals surface area contributed by atoms with Crippen molar-refractivity contribution < 1.29 is 66.2 Å². The molecule has 0 saturated heterocycles. The molecule has 19 heteroatoms. The number of alkyl halides is 2. The molecule has 6 N–H and O–H groups in total. The van der Waals surface area contributed by atoms with Crippen molar-refractivity contribution in [2.45, 2.75) is 135 Å². The van der Waals surface area contributed by atoms with Crippen molar-refractivity contribution in [3.63, 3.8) is 0 Å². The third-order valence-electron chi connectivity index (χ3n) is 13.2. The van der Waals surface area contributed by atoms with E-state index in [9.17, 15) is 56.7 Å². The Balaban J connectivity index is 1.31. The van der Waals surface area contributed by atoms with Crippen LogP contribution in [-0.4, -0.2) is 88.5 Å². The van der Waals surface area contributed by atoms with Crippen molar-refractivity contribution in [2.75, 3.05) is 19.7 Å². The van der Waals surface area contributed by atoms with Crippen LogP contribution in [0.5, 0.6) is 0 Å². The number of nitrogens with one attached hydrogen (secondary N) is 4. The fraction of sp³-hybridized carbons (Fsp3) is 0.456. The average Bonchev–Trinajstić information content (AvgIpc) is 3.69. The fourth-order valence-electron chi connectivity index (χ4n) is 8.91. The first kappa shape index (κ1) is 60.2. The third-order valence-corrected chi connectivity index (χ3v) is 14.2. The van der Waals surface area contributed by atoms with Crippen LogP contribution in [0.3, 0.4) is 0 Å². The minimum absolute atomic E-state index is 0.0528. The number of ether oxygens (including phenoxy) is 2. The number of halogens is 2. The van der Waals surface area contributed by atoms with E-state index in [2.05, 4.69) is 21.3 Å². The maximum Gasteiger partial charge on any atom is 0.407 e. The van der Waals surface area contributed by atoms with Crippen LogP contribution in [0.25, 0.3) is 11.1 Å². The number of alkyl carbamates (subject to hydrolysis) is 1. The van der Waals surface area contributed by atoms with Gasteiger partial charge in [0, 0.05) is 42.5 Å². The Kier molecular flexibility index (Phi) is 21.7. The third kappa shape index (κ3) is 17.5. The average molecular weight is 1070 g/mol. The first-order valence-corrected chi connectivity index (χ1v) is 27.3. The molecular weight excluding hydrogens is 1000 g/mol. The molecule has 0 saturated carbocycles. The maximum absolute atomic E-state index is 14.6. The standard InChI is InChI=1S/C57H71F2N4O12P/c1-7-38-22-26-40(27-23-38)53(68)60-30-14-13-21-49(50(65)32-36(2)52(67)62-48(37(3)64)20-12-15-31-61-55(70)75-56(4,5)6)63-54(69)41(33-39-24-28-42(29-25-39)57(58,59)76(71,72)73)34-51(66)74-35-47-45-18-10-8-16-43(45)44-17-9-11-19-46(44)47/h8-11,16-19,22-29,36,41,47-49H,7,12-15,20-21,30-35H2,1-6H3,(H,60,68)(H,61,70)(H,62,67)(H,63,69)(H2,71,72,73). The van der Waals surface area contributed by atoms with Gasteiger partial charge in [0.2, 0.25) is 11.8 Å². The highest BCUT2D eigenvalue weighted by molar-refractivity contribution is 7.52. The normalized spacial score (nSPS) is 14.0. The number of hydrogen-bond donors (Lipinski definition) is 6. The molecule has 16 nitrogen and oxygen atoms in total. The largest absolute Gasteiger partial charge is 0.465 e. The van der Waals surface area contributed by atoms with Gasteiger partial charge < -0.3 is 40.5 Å². The zero-order valence-corrected chi connectivity index (χ0v) is 44.9. The Morgan fingerprint density at radius 3 is 1.79 bits per heavy atom. The molecule has 0 aromatic heterocycles. The summed E-state index contributed by atoms with van der Waals surface area (Å²) in [7, 11) is -5.90. The van der Waals surface area contributed by atoms with Gasteiger partial charge in [-0.25, -0.2) is 4.79 Å². The molecule has 5 rings (SSSR count). The number of benzene rings is 4. The predicted octanol–water partition coefficient (Wildman–Crippen LogP) is 8.83. The van der Waals surface area contributed by atoms with Crippen LogP contribution in [0.4, 0.5) is 13.6 Å². The highest BCUT2D eigenvalue weighted by atomic mass is 31.2. The van der Waals surface area contributed by atoms with Crippen LogP contribution in [0.2, 0.25) is 0 Å². The fourth-order valence-corrected chi connectivity index (χ4v) is 9.39. The summed E-state index contributed by atoms with van der Waals surface area (Å²) in [5.41, 5.74) is -0.431. The molecular formula is C57H71F2N4O12P. The summed E-state index contributed by atoms with van der Waals surface area (Å²) in [4.78, 5) is 112. The summed E-state index contributed by atoms with van der Waals surface area (Å²) in [5, 5.41) is 11.0. The van der Waals surface area contributed by atoms with Crippen molar-refractivity contribution >= 4 is 48.9 Å². The van der Waals surface area contributed by atoms with Gasteiger partial charge in [0.25, 0.3) is 5.91 Å². The van der Waals surface area contributed by atoms with Crippen LogP contribution in [0.15, 0.2) is 97.1 Å². The van der Waals surface area contributed by atoms with Gasteiger partial charge in [-0.3, -0.25) is 33.3 Å². The second kappa shape index (κ2) is 27.4. The van der Waals surface area contributed by atoms with Crippen molar-refractivity contribution in [2.24, 2.45) is 11.8 Å². The summed E-state index contributed by atoms with van der Waals surface area (Å²) in [6, 6.07) is 24.5. The minimum atomic E-state index is -5.90. The Bertz CT molecular complexity index is 2680. The summed E-state index contributed by atoms with van der Waals surface area (Å²) in [6.45, 7) is 10.5. The predicted molar refractivity (Wildman–Crippen MR) is 282 cm³/mol. The lowest BCUT2D eigenvalue weighted by atomic mass is 9.92. The van der Waals surface area contributed by atoms with Crippen molar-refractivity contribution in [1.82, 2.24) is 21.3 Å². The van der Waals surface area contributed by atoms with E-state index >= 15 is 0 Å². The molecule has 4 atom stereocenters. The maximum atomic E-state index is 14.6. The minimum Gasteiger partial charge on any atom is -0.465 e. The number of carbonyl (C=O) groups excluding carboxylic acids is 7. The van der Waals surface area contributed by atoms with Gasteiger partial charge in [-0.1, -0.05) is 98.8 Å². The monoisotopic (exact) mass is 1070 g/mol. The molecule has 1 aliphatic rings. The number of ketones is 2. The molecule has 0 heterocycles. The summed E-state index contributed by atoms with van der Waals surface area (Å²) < 4.78 is 52.0. The molecule has 4 aromatic carbocycles. The molecule has 0 fully saturated rings. The van der Waals surface area contributed by atoms with Crippen LogP contribution >= 0.6 is 7.60 Å². The molecule has 0 bridgehead atoms. The SMILES string of the molecule is CCc1ccc(C(=O)NCCCCC(NC(=O)C(CC(=O)OCC2c3ccccc3-c3ccccc32)Cc2ccc(C(F)(F)P(=O)(O)O)cc2)C(=O)CC(C)C(=O)NC(CCCCNC(=O)OC(C)(C)C)C(C)=O)cc1. The van der Waals surface area contributed by atoms with E-state index < -0.39 is 84.4 Å².